The van der Waals surface area contributed by atoms with Gasteiger partial charge in [-0.25, -0.2) is 14.4 Å². The highest BCUT2D eigenvalue weighted by molar-refractivity contribution is 5.83. The van der Waals surface area contributed by atoms with Gasteiger partial charge in [0.25, 0.3) is 0 Å². The molecule has 2 rings (SSSR count). The molecular weight excluding hydrogens is 556 g/mol. The summed E-state index contributed by atoms with van der Waals surface area (Å²) < 4.78 is 63.5. The van der Waals surface area contributed by atoms with Crippen molar-refractivity contribution in [1.29, 1.82) is 0 Å². The molecule has 0 aromatic heterocycles. The van der Waals surface area contributed by atoms with Gasteiger partial charge in [0.2, 0.25) is 0 Å². The molecule has 0 radical (unpaired) electrons. The van der Waals surface area contributed by atoms with Crippen molar-refractivity contribution in [2.45, 2.75) is 31.7 Å². The second-order valence-corrected chi connectivity index (χ2v) is 7.46. The standard InChI is InChI=1S/C19H23N5O2.2C2HF3O2/c1-14(19(25)26)24(18-4-2-3-17(11-18)13-23-21)10-9-15-5-7-16(8-6-15)12-22-20;2*3-2(4,5)1(6)7/h2-8,11-14H,9-10,20-21H2,1H3,(H,25,26);2*(H,6,7). The maximum absolute atomic E-state index is 11.5. The van der Waals surface area contributed by atoms with Gasteiger partial charge in [0.05, 0.1) is 12.4 Å². The molecule has 2 aromatic carbocycles. The Morgan fingerprint density at radius 2 is 1.30 bits per heavy atom. The zero-order valence-electron chi connectivity index (χ0n) is 20.6. The topological polar surface area (TPSA) is 192 Å². The van der Waals surface area contributed by atoms with E-state index < -0.39 is 36.3 Å². The molecule has 17 heteroatoms. The first-order chi connectivity index (χ1) is 18.4. The molecule has 0 spiro atoms. The van der Waals surface area contributed by atoms with Crippen molar-refractivity contribution in [3.63, 3.8) is 0 Å². The maximum atomic E-state index is 11.5. The molecule has 0 fully saturated rings. The lowest BCUT2D eigenvalue weighted by atomic mass is 10.1. The Balaban J connectivity index is 0.000000894. The number of carboxylic acid groups (broad SMARTS) is 3. The molecule has 0 saturated carbocycles. The third-order valence-electron chi connectivity index (χ3n) is 4.58. The molecule has 220 valence electrons. The lowest BCUT2D eigenvalue weighted by Gasteiger charge is -2.29. The van der Waals surface area contributed by atoms with Gasteiger partial charge in [-0.15, -0.1) is 0 Å². The van der Waals surface area contributed by atoms with Crippen molar-refractivity contribution >= 4 is 36.0 Å². The van der Waals surface area contributed by atoms with E-state index >= 15 is 0 Å². The fraction of sp³-hybridized carbons (Fsp3) is 0.261. The molecule has 1 atom stereocenters. The Labute approximate surface area is 223 Å². The summed E-state index contributed by atoms with van der Waals surface area (Å²) in [6, 6.07) is 14.6. The average molecular weight is 581 g/mol. The number of hydrogen-bond acceptors (Lipinski definition) is 8. The Morgan fingerprint density at radius 1 is 0.850 bits per heavy atom. The van der Waals surface area contributed by atoms with E-state index in [0.717, 1.165) is 22.4 Å². The maximum Gasteiger partial charge on any atom is 0.490 e. The molecule has 0 bridgehead atoms. The number of aliphatic carboxylic acids is 3. The molecule has 0 aliphatic carbocycles. The van der Waals surface area contributed by atoms with E-state index in [2.05, 4.69) is 10.2 Å². The van der Waals surface area contributed by atoms with E-state index in [1.54, 1.807) is 13.1 Å². The monoisotopic (exact) mass is 581 g/mol. The van der Waals surface area contributed by atoms with E-state index in [1.165, 1.54) is 6.21 Å². The summed E-state index contributed by atoms with van der Waals surface area (Å²) in [4.78, 5) is 31.2. The van der Waals surface area contributed by atoms with Crippen molar-refractivity contribution in [3.05, 3.63) is 65.2 Å². The normalized spacial score (nSPS) is 12.1. The van der Waals surface area contributed by atoms with Crippen LogP contribution >= 0.6 is 0 Å². The van der Waals surface area contributed by atoms with Crippen LogP contribution in [-0.4, -0.2) is 70.6 Å². The summed E-state index contributed by atoms with van der Waals surface area (Å²) >= 11 is 0. The molecule has 0 heterocycles. The van der Waals surface area contributed by atoms with Crippen molar-refractivity contribution in [1.82, 2.24) is 0 Å². The first-order valence-electron chi connectivity index (χ1n) is 10.7. The Kier molecular flexibility index (Phi) is 14.2. The minimum Gasteiger partial charge on any atom is -0.480 e. The highest BCUT2D eigenvalue weighted by Crippen LogP contribution is 2.20. The molecule has 0 amide bonds. The largest absolute Gasteiger partial charge is 0.490 e. The summed E-state index contributed by atoms with van der Waals surface area (Å²) in [6.45, 7) is 2.23. The van der Waals surface area contributed by atoms with Crippen LogP contribution in [0.3, 0.4) is 0 Å². The molecular formula is C23H25F6N5O6. The number of hydrogen-bond donors (Lipinski definition) is 5. The van der Waals surface area contributed by atoms with Crippen molar-refractivity contribution in [2.75, 3.05) is 11.4 Å². The lowest BCUT2D eigenvalue weighted by Crippen LogP contribution is -2.40. The molecule has 0 aliphatic heterocycles. The third kappa shape index (κ3) is 13.6. The van der Waals surface area contributed by atoms with E-state index in [1.807, 2.05) is 53.4 Å². The third-order valence-corrected chi connectivity index (χ3v) is 4.58. The van der Waals surface area contributed by atoms with Crippen molar-refractivity contribution in [3.8, 4) is 0 Å². The van der Waals surface area contributed by atoms with Gasteiger partial charge < -0.3 is 31.9 Å². The van der Waals surface area contributed by atoms with Crippen LogP contribution in [0.1, 0.15) is 23.6 Å². The number of alkyl halides is 6. The Bertz CT molecular complexity index is 1150. The van der Waals surface area contributed by atoms with Gasteiger partial charge in [0, 0.05) is 12.2 Å². The van der Waals surface area contributed by atoms with Crippen LogP contribution in [0, 0.1) is 0 Å². The van der Waals surface area contributed by atoms with Gasteiger partial charge in [-0.3, -0.25) is 0 Å². The molecule has 7 N–H and O–H groups in total. The van der Waals surface area contributed by atoms with Crippen molar-refractivity contribution in [2.24, 2.45) is 21.9 Å². The van der Waals surface area contributed by atoms with Crippen LogP contribution < -0.4 is 16.6 Å². The fourth-order valence-corrected chi connectivity index (χ4v) is 2.66. The second-order valence-electron chi connectivity index (χ2n) is 7.46. The van der Waals surface area contributed by atoms with E-state index in [4.69, 9.17) is 31.5 Å². The SMILES string of the molecule is CC(C(=O)O)N(CCc1ccc(C=NN)cc1)c1cccc(C=NN)c1.O=C(O)C(F)(F)F.O=C(O)C(F)(F)F. The molecule has 11 nitrogen and oxygen atoms in total. The first-order valence-corrected chi connectivity index (χ1v) is 10.7. The number of rotatable bonds is 8. The number of halogens is 6. The molecule has 0 saturated heterocycles. The van der Waals surface area contributed by atoms with E-state index in [-0.39, 0.29) is 0 Å². The Hall–Kier alpha value is -4.83. The predicted octanol–water partition coefficient (Wildman–Crippen LogP) is 3.06. The lowest BCUT2D eigenvalue weighted by molar-refractivity contribution is -0.193. The highest BCUT2D eigenvalue weighted by Gasteiger charge is 2.38. The Morgan fingerprint density at radius 3 is 1.70 bits per heavy atom. The number of carbonyl (C=O) groups is 3. The quantitative estimate of drug-likeness (QED) is 0.135. The first kappa shape index (κ1) is 35.2. The van der Waals surface area contributed by atoms with Crippen LogP contribution in [0.15, 0.2) is 58.7 Å². The smallest absolute Gasteiger partial charge is 0.480 e. The molecule has 40 heavy (non-hydrogen) atoms. The van der Waals surface area contributed by atoms with Gasteiger partial charge in [-0.05, 0) is 42.2 Å². The fourth-order valence-electron chi connectivity index (χ4n) is 2.66. The number of nitrogens with zero attached hydrogens (tertiary/aromatic N) is 3. The number of nitrogens with two attached hydrogens (primary N) is 2. The summed E-state index contributed by atoms with van der Waals surface area (Å²) in [7, 11) is 0. The van der Waals surface area contributed by atoms with Crippen molar-refractivity contribution < 1.29 is 56.0 Å². The van der Waals surface area contributed by atoms with Crippen LogP contribution in [0.2, 0.25) is 0 Å². The average Bonchev–Trinajstić information content (AvgIpc) is 2.85. The van der Waals surface area contributed by atoms with E-state index in [9.17, 15) is 36.2 Å². The number of carboxylic acids is 3. The second kappa shape index (κ2) is 16.2. The summed E-state index contributed by atoms with van der Waals surface area (Å²) in [5.74, 6) is 3.96. The van der Waals surface area contributed by atoms with Gasteiger partial charge in [-0.2, -0.15) is 36.5 Å². The highest BCUT2D eigenvalue weighted by atomic mass is 19.4. The van der Waals surface area contributed by atoms with Gasteiger partial charge in [0.15, 0.2) is 0 Å². The van der Waals surface area contributed by atoms with Crippen LogP contribution in [0.25, 0.3) is 0 Å². The summed E-state index contributed by atoms with van der Waals surface area (Å²) in [5.41, 5.74) is 3.64. The molecule has 0 aliphatic rings. The predicted molar refractivity (Wildman–Crippen MR) is 132 cm³/mol. The van der Waals surface area contributed by atoms with Crippen LogP contribution in [0.5, 0.6) is 0 Å². The molecule has 1 unspecified atom stereocenters. The van der Waals surface area contributed by atoms with Gasteiger partial charge in [0.1, 0.15) is 6.04 Å². The number of benzene rings is 2. The minimum absolute atomic E-state index is 0.557. The summed E-state index contributed by atoms with van der Waals surface area (Å²) in [5, 5.41) is 30.7. The van der Waals surface area contributed by atoms with Crippen LogP contribution in [0.4, 0.5) is 32.0 Å². The van der Waals surface area contributed by atoms with Gasteiger partial charge >= 0.3 is 30.3 Å². The van der Waals surface area contributed by atoms with E-state index in [0.29, 0.717) is 13.0 Å². The zero-order valence-corrected chi connectivity index (χ0v) is 20.6. The number of anilines is 1. The van der Waals surface area contributed by atoms with Gasteiger partial charge in [-0.1, -0.05) is 36.4 Å². The van der Waals surface area contributed by atoms with Crippen LogP contribution in [-0.2, 0) is 20.8 Å². The minimum atomic E-state index is -5.08. The number of hydrazone groups is 2. The summed E-state index contributed by atoms with van der Waals surface area (Å²) in [6.07, 6.45) is -6.36. The zero-order chi connectivity index (χ0) is 31.1. The molecule has 2 aromatic rings.